The fourth-order valence-corrected chi connectivity index (χ4v) is 2.10. The van der Waals surface area contributed by atoms with E-state index < -0.39 is 0 Å². The van der Waals surface area contributed by atoms with E-state index in [1.54, 1.807) is 0 Å². The molecule has 0 amide bonds. The zero-order valence-corrected chi connectivity index (χ0v) is 10.1. The Morgan fingerprint density at radius 2 is 2.07 bits per heavy atom. The van der Waals surface area contributed by atoms with Gasteiger partial charge in [-0.05, 0) is 46.5 Å². The summed E-state index contributed by atoms with van der Waals surface area (Å²) in [6.07, 6.45) is 2.76. The van der Waals surface area contributed by atoms with E-state index >= 15 is 0 Å². The fraction of sp³-hybridized carbons (Fsp3) is 0.750. The average molecular weight is 207 g/mol. The molecule has 0 unspecified atom stereocenters. The topological polar surface area (TPSA) is 40.7 Å². The first-order chi connectivity index (χ1) is 7.00. The smallest absolute Gasteiger partial charge is 0.0638 e. The van der Waals surface area contributed by atoms with Crippen LogP contribution in [0.1, 0.15) is 43.6 Å². The molecule has 84 valence electrons. The van der Waals surface area contributed by atoms with Gasteiger partial charge in [0.05, 0.1) is 5.69 Å². The van der Waals surface area contributed by atoms with Crippen LogP contribution in [-0.4, -0.2) is 15.7 Å². The van der Waals surface area contributed by atoms with Gasteiger partial charge in [-0.1, -0.05) is 0 Å². The van der Waals surface area contributed by atoms with Gasteiger partial charge in [0, 0.05) is 23.3 Å². The van der Waals surface area contributed by atoms with E-state index in [0.29, 0.717) is 0 Å². The summed E-state index contributed by atoms with van der Waals surface area (Å²) >= 11 is 0. The molecule has 1 heterocycles. The lowest BCUT2D eigenvalue weighted by atomic mass is 9.98. The van der Waals surface area contributed by atoms with Gasteiger partial charge in [-0.2, -0.15) is 5.10 Å². The largest absolute Gasteiger partial charge is 0.307 e. The summed E-state index contributed by atoms with van der Waals surface area (Å²) in [5.41, 5.74) is 3.90. The Bertz CT molecular complexity index is 328. The zero-order chi connectivity index (χ0) is 11.1. The van der Waals surface area contributed by atoms with Crippen molar-refractivity contribution in [3.63, 3.8) is 0 Å². The molecule has 15 heavy (non-hydrogen) atoms. The molecular weight excluding hydrogens is 186 g/mol. The Morgan fingerprint density at radius 3 is 2.53 bits per heavy atom. The van der Waals surface area contributed by atoms with Crippen LogP contribution in [-0.2, 0) is 6.54 Å². The number of hydrogen-bond acceptors (Lipinski definition) is 2. The van der Waals surface area contributed by atoms with Gasteiger partial charge in [-0.15, -0.1) is 0 Å². The molecule has 3 nitrogen and oxygen atoms in total. The van der Waals surface area contributed by atoms with Crippen molar-refractivity contribution in [1.82, 2.24) is 15.5 Å². The first kappa shape index (κ1) is 10.7. The normalized spacial score (nSPS) is 17.1. The summed E-state index contributed by atoms with van der Waals surface area (Å²) in [4.78, 5) is 0. The molecule has 3 heteroatoms. The van der Waals surface area contributed by atoms with Gasteiger partial charge in [0.15, 0.2) is 0 Å². The maximum absolute atomic E-state index is 4.21. The zero-order valence-electron chi connectivity index (χ0n) is 10.1. The summed E-state index contributed by atoms with van der Waals surface area (Å²) in [7, 11) is 0. The van der Waals surface area contributed by atoms with Crippen molar-refractivity contribution in [2.45, 2.75) is 52.6 Å². The molecule has 0 radical (unpaired) electrons. The Kier molecular flexibility index (Phi) is 2.59. The SMILES string of the molecule is Cc1n[nH]c(C)c1CNC(C)(C)C1CC1. The van der Waals surface area contributed by atoms with Gasteiger partial charge in [-0.25, -0.2) is 0 Å². The minimum Gasteiger partial charge on any atom is -0.307 e. The van der Waals surface area contributed by atoms with Crippen molar-refractivity contribution in [2.24, 2.45) is 5.92 Å². The minimum atomic E-state index is 0.274. The molecule has 2 N–H and O–H groups in total. The summed E-state index contributed by atoms with van der Waals surface area (Å²) in [5, 5.41) is 10.9. The van der Waals surface area contributed by atoms with Crippen molar-refractivity contribution in [3.8, 4) is 0 Å². The van der Waals surface area contributed by atoms with Crippen molar-refractivity contribution in [2.75, 3.05) is 0 Å². The van der Waals surface area contributed by atoms with E-state index in [4.69, 9.17) is 0 Å². The van der Waals surface area contributed by atoms with Crippen molar-refractivity contribution in [1.29, 1.82) is 0 Å². The second kappa shape index (κ2) is 3.63. The molecule has 2 rings (SSSR count). The Morgan fingerprint density at radius 1 is 1.40 bits per heavy atom. The molecule has 1 saturated carbocycles. The van der Waals surface area contributed by atoms with E-state index in [-0.39, 0.29) is 5.54 Å². The van der Waals surface area contributed by atoms with Crippen molar-refractivity contribution in [3.05, 3.63) is 17.0 Å². The Hall–Kier alpha value is -0.830. The first-order valence-corrected chi connectivity index (χ1v) is 5.76. The number of hydrogen-bond donors (Lipinski definition) is 2. The number of rotatable bonds is 4. The van der Waals surface area contributed by atoms with E-state index in [1.807, 2.05) is 0 Å². The number of nitrogens with one attached hydrogen (secondary N) is 2. The van der Waals surface area contributed by atoms with Gasteiger partial charge in [0.1, 0.15) is 0 Å². The third-order valence-electron chi connectivity index (χ3n) is 3.60. The molecule has 1 aromatic rings. The van der Waals surface area contributed by atoms with Crippen molar-refractivity contribution >= 4 is 0 Å². The number of H-pyrrole nitrogens is 1. The van der Waals surface area contributed by atoms with Crippen LogP contribution >= 0.6 is 0 Å². The van der Waals surface area contributed by atoms with Gasteiger partial charge < -0.3 is 5.32 Å². The third-order valence-corrected chi connectivity index (χ3v) is 3.60. The van der Waals surface area contributed by atoms with E-state index in [1.165, 1.54) is 24.1 Å². The summed E-state index contributed by atoms with van der Waals surface area (Å²) in [6.45, 7) is 9.67. The van der Waals surface area contributed by atoms with Crippen molar-refractivity contribution < 1.29 is 0 Å². The Balaban J connectivity index is 1.98. The van der Waals surface area contributed by atoms with Gasteiger partial charge >= 0.3 is 0 Å². The molecule has 0 atom stereocenters. The quantitative estimate of drug-likeness (QED) is 0.795. The van der Waals surface area contributed by atoms with Crippen LogP contribution < -0.4 is 5.32 Å². The molecule has 1 fully saturated rings. The highest BCUT2D eigenvalue weighted by Gasteiger charge is 2.37. The maximum Gasteiger partial charge on any atom is 0.0638 e. The molecule has 1 aliphatic rings. The minimum absolute atomic E-state index is 0.274. The number of aromatic amines is 1. The monoisotopic (exact) mass is 207 g/mol. The predicted octanol–water partition coefficient (Wildman–Crippen LogP) is 2.30. The fourth-order valence-electron chi connectivity index (χ4n) is 2.10. The highest BCUT2D eigenvalue weighted by Crippen LogP contribution is 2.39. The summed E-state index contributed by atoms with van der Waals surface area (Å²) in [6, 6.07) is 0. The third kappa shape index (κ3) is 2.23. The lowest BCUT2D eigenvalue weighted by Gasteiger charge is -2.26. The van der Waals surface area contributed by atoms with Gasteiger partial charge in [0.2, 0.25) is 0 Å². The standard InChI is InChI=1S/C12H21N3/c1-8-11(9(2)15-14-8)7-13-12(3,4)10-5-6-10/h10,13H,5-7H2,1-4H3,(H,14,15). The van der Waals surface area contributed by atoms with Crippen LogP contribution in [0.15, 0.2) is 0 Å². The van der Waals surface area contributed by atoms with E-state index in [9.17, 15) is 0 Å². The Labute approximate surface area is 91.7 Å². The summed E-state index contributed by atoms with van der Waals surface area (Å²) < 4.78 is 0. The van der Waals surface area contributed by atoms with Crippen LogP contribution in [0, 0.1) is 19.8 Å². The van der Waals surface area contributed by atoms with E-state index in [0.717, 1.165) is 18.2 Å². The van der Waals surface area contributed by atoms with Crippen LogP contribution in [0.25, 0.3) is 0 Å². The number of aryl methyl sites for hydroxylation is 2. The van der Waals surface area contributed by atoms with Crippen LogP contribution in [0.5, 0.6) is 0 Å². The molecule has 1 aromatic heterocycles. The number of nitrogens with zero attached hydrogens (tertiary/aromatic N) is 1. The second-order valence-electron chi connectivity index (χ2n) is 5.26. The lowest BCUT2D eigenvalue weighted by Crippen LogP contribution is -2.40. The molecule has 0 aromatic carbocycles. The first-order valence-electron chi connectivity index (χ1n) is 5.76. The summed E-state index contributed by atoms with van der Waals surface area (Å²) in [5.74, 6) is 0.866. The lowest BCUT2D eigenvalue weighted by molar-refractivity contribution is 0.339. The molecule has 1 aliphatic carbocycles. The maximum atomic E-state index is 4.21. The number of aromatic nitrogens is 2. The molecule has 0 aliphatic heterocycles. The molecule has 0 bridgehead atoms. The highest BCUT2D eigenvalue weighted by molar-refractivity contribution is 5.23. The predicted molar refractivity (Wildman–Crippen MR) is 61.7 cm³/mol. The average Bonchev–Trinajstić information content (AvgIpc) is 2.94. The van der Waals surface area contributed by atoms with E-state index in [2.05, 4.69) is 43.2 Å². The molecule has 0 spiro atoms. The highest BCUT2D eigenvalue weighted by atomic mass is 15.1. The molecular formula is C12H21N3. The van der Waals surface area contributed by atoms with Crippen LogP contribution in [0.2, 0.25) is 0 Å². The molecule has 0 saturated heterocycles. The van der Waals surface area contributed by atoms with Gasteiger partial charge in [0.25, 0.3) is 0 Å². The van der Waals surface area contributed by atoms with Gasteiger partial charge in [-0.3, -0.25) is 5.10 Å². The second-order valence-corrected chi connectivity index (χ2v) is 5.26. The van der Waals surface area contributed by atoms with Crippen LogP contribution in [0.4, 0.5) is 0 Å². The van der Waals surface area contributed by atoms with Crippen LogP contribution in [0.3, 0.4) is 0 Å².